The van der Waals surface area contributed by atoms with Gasteiger partial charge in [-0.2, -0.15) is 4.37 Å². The minimum Gasteiger partial charge on any atom is -0.243 e. The van der Waals surface area contributed by atoms with Gasteiger partial charge in [0.1, 0.15) is 11.8 Å². The smallest absolute Gasteiger partial charge is 0.116 e. The lowest BCUT2D eigenvalue weighted by molar-refractivity contribution is 0.846. The molecule has 2 rings (SSSR count). The van der Waals surface area contributed by atoms with Crippen molar-refractivity contribution in [1.29, 1.82) is 0 Å². The van der Waals surface area contributed by atoms with Crippen molar-refractivity contribution in [2.75, 3.05) is 0 Å². The number of fused-ring (bicyclic) bond motifs is 1. The maximum atomic E-state index is 4.33. The molecule has 0 unspecified atom stereocenters. The van der Waals surface area contributed by atoms with Crippen molar-refractivity contribution in [1.82, 2.24) is 14.3 Å². The first kappa shape index (κ1) is 7.61. The third-order valence-corrected chi connectivity index (χ3v) is 2.49. The molecule has 0 atom stereocenters. The second-order valence-electron chi connectivity index (χ2n) is 2.96. The molecule has 0 saturated carbocycles. The van der Waals surface area contributed by atoms with Crippen molar-refractivity contribution in [3.63, 3.8) is 0 Å². The predicted octanol–water partition coefficient (Wildman–Crippen LogP) is 2.21. The first-order chi connectivity index (χ1) is 5.79. The SMILES string of the molecule is CC(C)c1nsc2cncnc12. The van der Waals surface area contributed by atoms with E-state index in [2.05, 4.69) is 28.2 Å². The largest absolute Gasteiger partial charge is 0.243 e. The molecule has 0 radical (unpaired) electrons. The number of aromatic nitrogens is 3. The summed E-state index contributed by atoms with van der Waals surface area (Å²) in [6.45, 7) is 4.24. The van der Waals surface area contributed by atoms with Gasteiger partial charge in [-0.25, -0.2) is 9.97 Å². The van der Waals surface area contributed by atoms with Crippen LogP contribution < -0.4 is 0 Å². The van der Waals surface area contributed by atoms with Crippen LogP contribution in [0.15, 0.2) is 12.5 Å². The van der Waals surface area contributed by atoms with Gasteiger partial charge in [-0.15, -0.1) is 0 Å². The summed E-state index contributed by atoms with van der Waals surface area (Å²) in [5.41, 5.74) is 2.09. The molecule has 0 fully saturated rings. The molecule has 0 N–H and O–H groups in total. The molecule has 62 valence electrons. The average molecular weight is 179 g/mol. The van der Waals surface area contributed by atoms with Gasteiger partial charge in [0.15, 0.2) is 0 Å². The van der Waals surface area contributed by atoms with Crippen LogP contribution in [0.4, 0.5) is 0 Å². The highest BCUT2D eigenvalue weighted by Crippen LogP contribution is 2.24. The molecule has 0 aliphatic carbocycles. The van der Waals surface area contributed by atoms with Crippen LogP contribution in [-0.4, -0.2) is 14.3 Å². The van der Waals surface area contributed by atoms with Crippen molar-refractivity contribution >= 4 is 21.7 Å². The molecule has 0 amide bonds. The summed E-state index contributed by atoms with van der Waals surface area (Å²) >= 11 is 1.47. The number of hydrogen-bond acceptors (Lipinski definition) is 4. The molecular weight excluding hydrogens is 170 g/mol. The van der Waals surface area contributed by atoms with Gasteiger partial charge in [0.25, 0.3) is 0 Å². The standard InChI is InChI=1S/C8H9N3S/c1-5(2)7-8-6(12-11-7)3-9-4-10-8/h3-5H,1-2H3. The molecule has 0 spiro atoms. The fraction of sp³-hybridized carbons (Fsp3) is 0.375. The van der Waals surface area contributed by atoms with E-state index in [4.69, 9.17) is 0 Å². The maximum Gasteiger partial charge on any atom is 0.116 e. The van der Waals surface area contributed by atoms with Crippen molar-refractivity contribution < 1.29 is 0 Å². The number of hydrogen-bond donors (Lipinski definition) is 0. The van der Waals surface area contributed by atoms with Gasteiger partial charge < -0.3 is 0 Å². The van der Waals surface area contributed by atoms with Gasteiger partial charge in [-0.1, -0.05) is 13.8 Å². The molecule has 0 aliphatic rings. The third kappa shape index (κ3) is 1.08. The molecule has 0 bridgehead atoms. The second-order valence-corrected chi connectivity index (χ2v) is 3.76. The van der Waals surface area contributed by atoms with Gasteiger partial charge in [-0.3, -0.25) is 0 Å². The summed E-state index contributed by atoms with van der Waals surface area (Å²) < 4.78 is 5.40. The Morgan fingerprint density at radius 3 is 3.00 bits per heavy atom. The van der Waals surface area contributed by atoms with Crippen LogP contribution in [0.5, 0.6) is 0 Å². The summed E-state index contributed by atoms with van der Waals surface area (Å²) in [7, 11) is 0. The topological polar surface area (TPSA) is 38.7 Å². The maximum absolute atomic E-state index is 4.33. The molecule has 0 aromatic carbocycles. The fourth-order valence-corrected chi connectivity index (χ4v) is 1.94. The normalized spacial score (nSPS) is 11.2. The van der Waals surface area contributed by atoms with Gasteiger partial charge >= 0.3 is 0 Å². The van der Waals surface area contributed by atoms with Crippen molar-refractivity contribution in [2.45, 2.75) is 19.8 Å². The van der Waals surface area contributed by atoms with Gasteiger partial charge in [0.2, 0.25) is 0 Å². The lowest BCUT2D eigenvalue weighted by atomic mass is 10.1. The first-order valence-corrected chi connectivity index (χ1v) is 4.61. The zero-order chi connectivity index (χ0) is 8.55. The van der Waals surface area contributed by atoms with Crippen molar-refractivity contribution in [3.8, 4) is 0 Å². The van der Waals surface area contributed by atoms with Crippen LogP contribution in [0.1, 0.15) is 25.5 Å². The monoisotopic (exact) mass is 179 g/mol. The van der Waals surface area contributed by atoms with Crippen LogP contribution in [-0.2, 0) is 0 Å². The Balaban J connectivity index is 2.70. The molecular formula is C8H9N3S. The Morgan fingerprint density at radius 1 is 1.42 bits per heavy atom. The molecule has 2 heterocycles. The Bertz CT molecular complexity index is 394. The van der Waals surface area contributed by atoms with Crippen molar-refractivity contribution in [2.24, 2.45) is 0 Å². The molecule has 0 aliphatic heterocycles. The van der Waals surface area contributed by atoms with Gasteiger partial charge in [-0.05, 0) is 17.5 Å². The van der Waals surface area contributed by atoms with Crippen LogP contribution >= 0.6 is 11.5 Å². The zero-order valence-corrected chi connectivity index (χ0v) is 7.80. The summed E-state index contributed by atoms with van der Waals surface area (Å²) in [5, 5.41) is 0. The average Bonchev–Trinajstić information content (AvgIpc) is 2.47. The minimum atomic E-state index is 0.439. The fourth-order valence-electron chi connectivity index (χ4n) is 1.10. The molecule has 3 nitrogen and oxygen atoms in total. The summed E-state index contributed by atoms with van der Waals surface area (Å²) in [4.78, 5) is 8.14. The predicted molar refractivity (Wildman–Crippen MR) is 49.3 cm³/mol. The lowest BCUT2D eigenvalue weighted by Gasteiger charge is -1.97. The number of rotatable bonds is 1. The Morgan fingerprint density at radius 2 is 2.25 bits per heavy atom. The minimum absolute atomic E-state index is 0.439. The Labute approximate surface area is 74.6 Å². The van der Waals surface area contributed by atoms with E-state index in [1.54, 1.807) is 6.33 Å². The van der Waals surface area contributed by atoms with E-state index < -0.39 is 0 Å². The Kier molecular flexibility index (Phi) is 1.77. The van der Waals surface area contributed by atoms with Crippen molar-refractivity contribution in [3.05, 3.63) is 18.2 Å². The lowest BCUT2D eigenvalue weighted by Crippen LogP contribution is -1.88. The summed E-state index contributed by atoms with van der Waals surface area (Å²) in [6, 6.07) is 0. The van der Waals surface area contributed by atoms with Gasteiger partial charge in [0, 0.05) is 6.20 Å². The zero-order valence-electron chi connectivity index (χ0n) is 6.98. The summed E-state index contributed by atoms with van der Waals surface area (Å²) in [5.74, 6) is 0.439. The molecule has 2 aromatic rings. The second kappa shape index (κ2) is 2.79. The quantitative estimate of drug-likeness (QED) is 0.673. The number of nitrogens with zero attached hydrogens (tertiary/aromatic N) is 3. The third-order valence-electron chi connectivity index (χ3n) is 1.71. The van der Waals surface area contributed by atoms with Crippen LogP contribution in [0.25, 0.3) is 10.2 Å². The highest BCUT2D eigenvalue weighted by molar-refractivity contribution is 7.13. The van der Waals surface area contributed by atoms with Gasteiger partial charge in [0.05, 0.1) is 10.4 Å². The summed E-state index contributed by atoms with van der Waals surface area (Å²) in [6.07, 6.45) is 3.38. The van der Waals surface area contributed by atoms with E-state index in [0.717, 1.165) is 15.9 Å². The molecule has 2 aromatic heterocycles. The molecule has 0 saturated heterocycles. The Hall–Kier alpha value is -1.03. The highest BCUT2D eigenvalue weighted by Gasteiger charge is 2.09. The highest BCUT2D eigenvalue weighted by atomic mass is 32.1. The molecule has 12 heavy (non-hydrogen) atoms. The first-order valence-electron chi connectivity index (χ1n) is 3.84. The van der Waals surface area contributed by atoms with E-state index >= 15 is 0 Å². The molecule has 4 heteroatoms. The van der Waals surface area contributed by atoms with Crippen LogP contribution in [0.3, 0.4) is 0 Å². The van der Waals surface area contributed by atoms with E-state index in [1.807, 2.05) is 6.20 Å². The van der Waals surface area contributed by atoms with E-state index in [-0.39, 0.29) is 0 Å². The van der Waals surface area contributed by atoms with E-state index in [1.165, 1.54) is 11.5 Å². The van der Waals surface area contributed by atoms with E-state index in [0.29, 0.717) is 5.92 Å². The van der Waals surface area contributed by atoms with Crippen LogP contribution in [0, 0.1) is 0 Å². The van der Waals surface area contributed by atoms with E-state index in [9.17, 15) is 0 Å². The van der Waals surface area contributed by atoms with Crippen LogP contribution in [0.2, 0.25) is 0 Å².